The summed E-state index contributed by atoms with van der Waals surface area (Å²) in [6.45, 7) is 1.67. The molecule has 0 aliphatic carbocycles. The molecule has 0 radical (unpaired) electrons. The van der Waals surface area contributed by atoms with Gasteiger partial charge in [0.15, 0.2) is 6.10 Å². The van der Waals surface area contributed by atoms with E-state index in [4.69, 9.17) is 16.4 Å². The summed E-state index contributed by atoms with van der Waals surface area (Å²) in [6.07, 6.45) is 0.803. The van der Waals surface area contributed by atoms with Crippen molar-refractivity contribution >= 4 is 17.3 Å². The Labute approximate surface area is 133 Å². The Balaban J connectivity index is 1.47. The Morgan fingerprint density at radius 2 is 2.05 bits per heavy atom. The molecule has 1 aliphatic heterocycles. The van der Waals surface area contributed by atoms with Crippen LogP contribution in [0.1, 0.15) is 17.5 Å². The molecule has 2 aromatic rings. The Morgan fingerprint density at radius 1 is 1.23 bits per heavy atom. The lowest BCUT2D eigenvalue weighted by atomic mass is 10.1. The monoisotopic (exact) mass is 319 g/mol. The molecular formula is C17H17ClFN2O+. The van der Waals surface area contributed by atoms with E-state index in [1.807, 2.05) is 18.2 Å². The van der Waals surface area contributed by atoms with Gasteiger partial charge in [0, 0.05) is 17.0 Å². The van der Waals surface area contributed by atoms with Gasteiger partial charge in [0.25, 0.3) is 0 Å². The van der Waals surface area contributed by atoms with Crippen LogP contribution in [-0.4, -0.2) is 18.4 Å². The van der Waals surface area contributed by atoms with E-state index in [-0.39, 0.29) is 11.9 Å². The van der Waals surface area contributed by atoms with Crippen LogP contribution in [0.5, 0.6) is 0 Å². The predicted molar refractivity (Wildman–Crippen MR) is 84.4 cm³/mol. The van der Waals surface area contributed by atoms with E-state index in [1.54, 1.807) is 12.1 Å². The summed E-state index contributed by atoms with van der Waals surface area (Å²) < 4.78 is 12.9. The average molecular weight is 320 g/mol. The molecule has 114 valence electrons. The molecule has 1 atom stereocenters. The lowest BCUT2D eigenvalue weighted by Gasteiger charge is -2.07. The number of oxime groups is 1. The predicted octanol–water partition coefficient (Wildman–Crippen LogP) is 2.74. The smallest absolute Gasteiger partial charge is 0.181 e. The van der Waals surface area contributed by atoms with E-state index in [2.05, 4.69) is 16.5 Å². The second-order valence-electron chi connectivity index (χ2n) is 5.33. The summed E-state index contributed by atoms with van der Waals surface area (Å²) in [7, 11) is 0. The third-order valence-electron chi connectivity index (χ3n) is 3.61. The number of nitrogens with two attached hydrogens (primary N) is 1. The fourth-order valence-corrected chi connectivity index (χ4v) is 2.68. The Kier molecular flexibility index (Phi) is 4.71. The van der Waals surface area contributed by atoms with Crippen molar-refractivity contribution in [1.82, 2.24) is 0 Å². The normalized spacial score (nSPS) is 17.2. The van der Waals surface area contributed by atoms with Crippen LogP contribution < -0.4 is 5.32 Å². The zero-order chi connectivity index (χ0) is 15.4. The SMILES string of the molecule is Fc1ccc(C2=NO[C@@H](C[NH2+]Cc3cccc(Cl)c3)C2)cc1. The maximum absolute atomic E-state index is 12.9. The molecule has 3 nitrogen and oxygen atoms in total. The molecule has 1 heterocycles. The highest BCUT2D eigenvalue weighted by molar-refractivity contribution is 6.30. The third-order valence-corrected chi connectivity index (χ3v) is 3.84. The first-order chi connectivity index (χ1) is 10.7. The highest BCUT2D eigenvalue weighted by Crippen LogP contribution is 2.16. The molecule has 0 saturated heterocycles. The van der Waals surface area contributed by atoms with Gasteiger partial charge in [-0.3, -0.25) is 0 Å². The lowest BCUT2D eigenvalue weighted by Crippen LogP contribution is -2.84. The van der Waals surface area contributed by atoms with Gasteiger partial charge in [-0.05, 0) is 29.8 Å². The van der Waals surface area contributed by atoms with E-state index in [0.717, 1.165) is 35.8 Å². The minimum Gasteiger partial charge on any atom is -0.386 e. The molecule has 3 rings (SSSR count). The second kappa shape index (κ2) is 6.90. The zero-order valence-electron chi connectivity index (χ0n) is 12.0. The van der Waals surface area contributed by atoms with E-state index < -0.39 is 0 Å². The molecule has 5 heteroatoms. The topological polar surface area (TPSA) is 38.2 Å². The van der Waals surface area contributed by atoms with Crippen molar-refractivity contribution in [2.24, 2.45) is 5.16 Å². The standard InChI is InChI=1S/C17H16ClFN2O/c18-14-3-1-2-12(8-14)10-20-11-16-9-17(21-22-16)13-4-6-15(19)7-5-13/h1-8,16,20H,9-11H2/p+1/t16-/m1/s1. The van der Waals surface area contributed by atoms with E-state index in [1.165, 1.54) is 17.7 Å². The molecule has 0 fully saturated rings. The van der Waals surface area contributed by atoms with Gasteiger partial charge in [0.05, 0.1) is 5.71 Å². The van der Waals surface area contributed by atoms with Gasteiger partial charge in [-0.25, -0.2) is 4.39 Å². The van der Waals surface area contributed by atoms with Crippen LogP contribution in [0, 0.1) is 5.82 Å². The maximum atomic E-state index is 12.9. The van der Waals surface area contributed by atoms with Crippen molar-refractivity contribution in [3.63, 3.8) is 0 Å². The van der Waals surface area contributed by atoms with Crippen LogP contribution in [-0.2, 0) is 11.4 Å². The van der Waals surface area contributed by atoms with Gasteiger partial charge in [-0.15, -0.1) is 0 Å². The van der Waals surface area contributed by atoms with Gasteiger partial charge >= 0.3 is 0 Å². The van der Waals surface area contributed by atoms with Crippen molar-refractivity contribution in [1.29, 1.82) is 0 Å². The van der Waals surface area contributed by atoms with Crippen LogP contribution in [0.25, 0.3) is 0 Å². The van der Waals surface area contributed by atoms with Gasteiger partial charge in [-0.2, -0.15) is 0 Å². The molecule has 0 unspecified atom stereocenters. The first-order valence-electron chi connectivity index (χ1n) is 7.25. The van der Waals surface area contributed by atoms with Crippen molar-refractivity contribution in [2.45, 2.75) is 19.1 Å². The minimum atomic E-state index is -0.241. The summed E-state index contributed by atoms with van der Waals surface area (Å²) in [5.41, 5.74) is 2.98. The number of hydrogen-bond donors (Lipinski definition) is 1. The summed E-state index contributed by atoms with van der Waals surface area (Å²) in [6, 6.07) is 14.2. The maximum Gasteiger partial charge on any atom is 0.181 e. The van der Waals surface area contributed by atoms with Gasteiger partial charge in [0.2, 0.25) is 0 Å². The Hall–Kier alpha value is -1.91. The fraction of sp³-hybridized carbons (Fsp3) is 0.235. The highest BCUT2D eigenvalue weighted by Gasteiger charge is 2.23. The number of hydrogen-bond acceptors (Lipinski definition) is 2. The fourth-order valence-electron chi connectivity index (χ4n) is 2.47. The van der Waals surface area contributed by atoms with E-state index in [0.29, 0.717) is 0 Å². The molecule has 0 aromatic heterocycles. The molecule has 2 aromatic carbocycles. The van der Waals surface area contributed by atoms with Gasteiger partial charge in [-0.1, -0.05) is 41.0 Å². The minimum absolute atomic E-state index is 0.0548. The van der Waals surface area contributed by atoms with E-state index >= 15 is 0 Å². The quantitative estimate of drug-likeness (QED) is 0.904. The molecule has 2 N–H and O–H groups in total. The van der Waals surface area contributed by atoms with Gasteiger partial charge in [0.1, 0.15) is 18.9 Å². The summed E-state index contributed by atoms with van der Waals surface area (Å²) in [4.78, 5) is 5.45. The number of nitrogens with zero attached hydrogens (tertiary/aromatic N) is 1. The number of quaternary nitrogens is 1. The molecule has 0 saturated carbocycles. The Bertz CT molecular complexity index is 673. The molecule has 0 spiro atoms. The summed E-state index contributed by atoms with van der Waals surface area (Å²) >= 11 is 5.97. The second-order valence-corrected chi connectivity index (χ2v) is 5.77. The highest BCUT2D eigenvalue weighted by atomic mass is 35.5. The third kappa shape index (κ3) is 3.84. The number of halogens is 2. The molecule has 1 aliphatic rings. The lowest BCUT2D eigenvalue weighted by molar-refractivity contribution is -0.676. The van der Waals surface area contributed by atoms with Crippen molar-refractivity contribution in [3.05, 3.63) is 70.5 Å². The van der Waals surface area contributed by atoms with Crippen LogP contribution in [0.4, 0.5) is 4.39 Å². The largest absolute Gasteiger partial charge is 0.386 e. The first-order valence-corrected chi connectivity index (χ1v) is 7.63. The van der Waals surface area contributed by atoms with E-state index in [9.17, 15) is 4.39 Å². The first kappa shape index (κ1) is 15.0. The Morgan fingerprint density at radius 3 is 2.82 bits per heavy atom. The number of rotatable bonds is 5. The van der Waals surface area contributed by atoms with Gasteiger partial charge < -0.3 is 10.2 Å². The van der Waals surface area contributed by atoms with Crippen LogP contribution in [0.15, 0.2) is 53.7 Å². The zero-order valence-corrected chi connectivity index (χ0v) is 12.8. The van der Waals surface area contributed by atoms with Crippen molar-refractivity contribution in [3.8, 4) is 0 Å². The summed E-state index contributed by atoms with van der Waals surface area (Å²) in [5.74, 6) is -0.241. The van der Waals surface area contributed by atoms with Crippen molar-refractivity contribution < 1.29 is 14.5 Å². The number of benzene rings is 2. The molecule has 0 bridgehead atoms. The molecule has 0 amide bonds. The van der Waals surface area contributed by atoms with Crippen molar-refractivity contribution in [2.75, 3.05) is 6.54 Å². The molecule has 22 heavy (non-hydrogen) atoms. The van der Waals surface area contributed by atoms with Crippen LogP contribution in [0.2, 0.25) is 5.02 Å². The van der Waals surface area contributed by atoms with Crippen LogP contribution in [0.3, 0.4) is 0 Å². The molecular weight excluding hydrogens is 303 g/mol. The summed E-state index contributed by atoms with van der Waals surface area (Å²) in [5, 5.41) is 7.04. The van der Waals surface area contributed by atoms with Crippen LogP contribution >= 0.6 is 11.6 Å². The average Bonchev–Trinajstić information content (AvgIpc) is 2.97.